The molecule has 0 spiro atoms. The molecule has 1 N–H and O–H groups in total. The zero-order valence-corrected chi connectivity index (χ0v) is 15.3. The van der Waals surface area contributed by atoms with E-state index in [1.807, 2.05) is 6.07 Å². The summed E-state index contributed by atoms with van der Waals surface area (Å²) in [7, 11) is 2.07. The molecular formula is C19H29N5. The smallest absolute Gasteiger partial charge is 0.135 e. The molecule has 5 nitrogen and oxygen atoms in total. The lowest BCUT2D eigenvalue weighted by Crippen LogP contribution is -2.21. The molecule has 0 atom stereocenters. The van der Waals surface area contributed by atoms with Gasteiger partial charge in [-0.2, -0.15) is 0 Å². The highest BCUT2D eigenvalue weighted by Gasteiger charge is 2.05. The van der Waals surface area contributed by atoms with Crippen molar-refractivity contribution in [2.45, 2.75) is 33.6 Å². The van der Waals surface area contributed by atoms with Gasteiger partial charge in [0.05, 0.1) is 0 Å². The van der Waals surface area contributed by atoms with Crippen LogP contribution in [0, 0.1) is 0 Å². The van der Waals surface area contributed by atoms with E-state index in [0.717, 1.165) is 43.4 Å². The Labute approximate surface area is 145 Å². The quantitative estimate of drug-likeness (QED) is 0.744. The molecule has 0 unspecified atom stereocenters. The number of nitrogens with one attached hydrogen (secondary N) is 1. The third kappa shape index (κ3) is 4.85. The number of anilines is 4. The molecule has 0 radical (unpaired) electrons. The van der Waals surface area contributed by atoms with Gasteiger partial charge >= 0.3 is 0 Å². The second-order valence-corrected chi connectivity index (χ2v) is 5.88. The van der Waals surface area contributed by atoms with Gasteiger partial charge in [0.1, 0.15) is 18.0 Å². The third-order valence-electron chi connectivity index (χ3n) is 4.16. The fourth-order valence-electron chi connectivity index (χ4n) is 2.63. The molecule has 0 aliphatic carbocycles. The first-order valence-electron chi connectivity index (χ1n) is 8.83. The number of nitrogens with zero attached hydrogens (tertiary/aromatic N) is 4. The van der Waals surface area contributed by atoms with Crippen LogP contribution in [-0.2, 0) is 0 Å². The van der Waals surface area contributed by atoms with Gasteiger partial charge in [0.25, 0.3) is 0 Å². The maximum atomic E-state index is 4.36. The van der Waals surface area contributed by atoms with E-state index in [0.29, 0.717) is 0 Å². The number of rotatable bonds is 9. The van der Waals surface area contributed by atoms with Crippen LogP contribution in [0.4, 0.5) is 23.0 Å². The summed E-state index contributed by atoms with van der Waals surface area (Å²) in [4.78, 5) is 13.2. The Bertz CT molecular complexity index is 607. The zero-order valence-electron chi connectivity index (χ0n) is 15.3. The largest absolute Gasteiger partial charge is 0.372 e. The summed E-state index contributed by atoms with van der Waals surface area (Å²) in [5, 5.41) is 3.36. The van der Waals surface area contributed by atoms with E-state index in [-0.39, 0.29) is 0 Å². The van der Waals surface area contributed by atoms with Crippen molar-refractivity contribution in [3.8, 4) is 0 Å². The van der Waals surface area contributed by atoms with Crippen molar-refractivity contribution in [2.75, 3.05) is 41.8 Å². The van der Waals surface area contributed by atoms with Crippen LogP contribution >= 0.6 is 0 Å². The Kier molecular flexibility index (Phi) is 6.85. The molecule has 130 valence electrons. The Hall–Kier alpha value is -2.30. The van der Waals surface area contributed by atoms with Crippen molar-refractivity contribution in [2.24, 2.45) is 0 Å². The predicted molar refractivity (Wildman–Crippen MR) is 103 cm³/mol. The van der Waals surface area contributed by atoms with Crippen molar-refractivity contribution in [1.82, 2.24) is 9.97 Å². The minimum Gasteiger partial charge on any atom is -0.372 e. The molecule has 5 heteroatoms. The summed E-state index contributed by atoms with van der Waals surface area (Å²) >= 11 is 0. The van der Waals surface area contributed by atoms with E-state index in [9.17, 15) is 0 Å². The molecule has 0 amide bonds. The Balaban J connectivity index is 2.05. The van der Waals surface area contributed by atoms with Crippen LogP contribution in [-0.4, -0.2) is 36.6 Å². The monoisotopic (exact) mass is 327 g/mol. The first-order valence-corrected chi connectivity index (χ1v) is 8.83. The van der Waals surface area contributed by atoms with Crippen molar-refractivity contribution < 1.29 is 0 Å². The van der Waals surface area contributed by atoms with Crippen LogP contribution in [0.5, 0.6) is 0 Å². The summed E-state index contributed by atoms with van der Waals surface area (Å²) in [5.41, 5.74) is 2.28. The average molecular weight is 327 g/mol. The molecule has 0 fully saturated rings. The van der Waals surface area contributed by atoms with Crippen LogP contribution in [0.15, 0.2) is 36.7 Å². The third-order valence-corrected chi connectivity index (χ3v) is 4.16. The maximum absolute atomic E-state index is 4.36. The summed E-state index contributed by atoms with van der Waals surface area (Å²) < 4.78 is 0. The summed E-state index contributed by atoms with van der Waals surface area (Å²) in [6.07, 6.45) is 3.96. The molecule has 0 saturated carbocycles. The summed E-state index contributed by atoms with van der Waals surface area (Å²) in [6.45, 7) is 9.58. The lowest BCUT2D eigenvalue weighted by Gasteiger charge is -2.21. The van der Waals surface area contributed by atoms with Gasteiger partial charge in [0, 0.05) is 44.1 Å². The maximum Gasteiger partial charge on any atom is 0.135 e. The molecule has 1 heterocycles. The minimum absolute atomic E-state index is 0.818. The van der Waals surface area contributed by atoms with E-state index in [4.69, 9.17) is 0 Å². The number of hydrogen-bond donors (Lipinski definition) is 1. The van der Waals surface area contributed by atoms with Crippen molar-refractivity contribution in [1.29, 1.82) is 0 Å². The van der Waals surface area contributed by atoms with Gasteiger partial charge < -0.3 is 15.1 Å². The topological polar surface area (TPSA) is 44.3 Å². The number of hydrogen-bond acceptors (Lipinski definition) is 5. The highest BCUT2D eigenvalue weighted by molar-refractivity contribution is 5.62. The van der Waals surface area contributed by atoms with Crippen LogP contribution in [0.3, 0.4) is 0 Å². The molecule has 0 saturated heterocycles. The molecule has 0 bridgehead atoms. The summed E-state index contributed by atoms with van der Waals surface area (Å²) in [5.74, 6) is 1.76. The van der Waals surface area contributed by atoms with Gasteiger partial charge in [0.2, 0.25) is 0 Å². The molecule has 0 aliphatic rings. The zero-order chi connectivity index (χ0) is 17.4. The van der Waals surface area contributed by atoms with Crippen molar-refractivity contribution in [3.63, 3.8) is 0 Å². The van der Waals surface area contributed by atoms with E-state index < -0.39 is 0 Å². The second-order valence-electron chi connectivity index (χ2n) is 5.88. The fourth-order valence-corrected chi connectivity index (χ4v) is 2.63. The van der Waals surface area contributed by atoms with E-state index in [2.05, 4.69) is 77.2 Å². The second kappa shape index (κ2) is 9.11. The molecular weight excluding hydrogens is 298 g/mol. The number of unbranched alkanes of at least 4 members (excludes halogenated alkanes) is 1. The average Bonchev–Trinajstić information content (AvgIpc) is 2.62. The van der Waals surface area contributed by atoms with E-state index >= 15 is 0 Å². The Morgan fingerprint density at radius 2 is 1.71 bits per heavy atom. The summed E-state index contributed by atoms with van der Waals surface area (Å²) in [6, 6.07) is 10.5. The number of benzene rings is 1. The van der Waals surface area contributed by atoms with Crippen molar-refractivity contribution >= 4 is 23.0 Å². The van der Waals surface area contributed by atoms with Gasteiger partial charge in [0.15, 0.2) is 0 Å². The standard InChI is InChI=1S/C19H29N5/c1-5-8-13-23(4)19-14-18(20-15-21-19)22-16-9-11-17(12-10-16)24(6-2)7-3/h9-12,14-15H,5-8,13H2,1-4H3,(H,20,21,22). The fraction of sp³-hybridized carbons (Fsp3) is 0.474. The molecule has 1 aromatic carbocycles. The van der Waals surface area contributed by atoms with Crippen LogP contribution in [0.2, 0.25) is 0 Å². The van der Waals surface area contributed by atoms with Crippen molar-refractivity contribution in [3.05, 3.63) is 36.7 Å². The van der Waals surface area contributed by atoms with E-state index in [1.54, 1.807) is 6.33 Å². The number of aromatic nitrogens is 2. The van der Waals surface area contributed by atoms with Crippen LogP contribution in [0.25, 0.3) is 0 Å². The van der Waals surface area contributed by atoms with Crippen LogP contribution in [0.1, 0.15) is 33.6 Å². The molecule has 1 aromatic heterocycles. The minimum atomic E-state index is 0.818. The highest BCUT2D eigenvalue weighted by atomic mass is 15.2. The predicted octanol–water partition coefficient (Wildman–Crippen LogP) is 4.30. The SMILES string of the molecule is CCCCN(C)c1cc(Nc2ccc(N(CC)CC)cc2)ncn1. The van der Waals surface area contributed by atoms with Gasteiger partial charge in [-0.25, -0.2) is 9.97 Å². The van der Waals surface area contributed by atoms with Crippen LogP contribution < -0.4 is 15.1 Å². The molecule has 2 rings (SSSR count). The highest BCUT2D eigenvalue weighted by Crippen LogP contribution is 2.21. The van der Waals surface area contributed by atoms with Gasteiger partial charge in [-0.3, -0.25) is 0 Å². The van der Waals surface area contributed by atoms with Gasteiger partial charge in [-0.1, -0.05) is 13.3 Å². The Morgan fingerprint density at radius 1 is 1.00 bits per heavy atom. The Morgan fingerprint density at radius 3 is 2.33 bits per heavy atom. The first kappa shape index (κ1) is 18.0. The molecule has 2 aromatic rings. The molecule has 0 aliphatic heterocycles. The lowest BCUT2D eigenvalue weighted by atomic mass is 10.2. The lowest BCUT2D eigenvalue weighted by molar-refractivity contribution is 0.758. The molecule has 24 heavy (non-hydrogen) atoms. The normalized spacial score (nSPS) is 10.5. The van der Waals surface area contributed by atoms with Gasteiger partial charge in [-0.15, -0.1) is 0 Å². The van der Waals surface area contributed by atoms with E-state index in [1.165, 1.54) is 12.1 Å². The van der Waals surface area contributed by atoms with Gasteiger partial charge in [-0.05, 0) is 44.5 Å². The first-order chi connectivity index (χ1) is 11.7.